The molecular formula is C25H23F4N3O7. The molecule has 2 aromatic rings. The van der Waals surface area contributed by atoms with Crippen molar-refractivity contribution in [2.45, 2.75) is 25.4 Å². The van der Waals surface area contributed by atoms with E-state index in [1.54, 1.807) is 30.3 Å². The molecule has 0 aliphatic carbocycles. The molecule has 2 amide bonds. The largest absolute Gasteiger partial charge is 0.444 e. The van der Waals surface area contributed by atoms with Gasteiger partial charge in [0.2, 0.25) is 0 Å². The van der Waals surface area contributed by atoms with Gasteiger partial charge in [0.1, 0.15) is 11.8 Å². The lowest BCUT2D eigenvalue weighted by molar-refractivity contribution is -0.191. The quantitative estimate of drug-likeness (QED) is 0.481. The summed E-state index contributed by atoms with van der Waals surface area (Å²) in [5.41, 5.74) is -0.0153. The first-order valence-electron chi connectivity index (χ1n) is 11.7. The third-order valence-electron chi connectivity index (χ3n) is 5.89. The van der Waals surface area contributed by atoms with Crippen molar-refractivity contribution >= 4 is 35.3 Å². The first kappa shape index (κ1) is 29.3. The summed E-state index contributed by atoms with van der Waals surface area (Å²) in [6.45, 7) is 0.139. The molecule has 14 heteroatoms. The van der Waals surface area contributed by atoms with E-state index in [2.05, 4.69) is 0 Å². The van der Waals surface area contributed by atoms with Gasteiger partial charge < -0.3 is 9.64 Å². The van der Waals surface area contributed by atoms with Gasteiger partial charge in [-0.2, -0.15) is 9.59 Å². The van der Waals surface area contributed by atoms with Gasteiger partial charge in [-0.1, -0.05) is 18.2 Å². The Bertz CT molecular complexity index is 1200. The number of hydrogen-bond acceptors (Lipinski definition) is 8. The normalized spacial score (nSPS) is 17.2. The predicted octanol–water partition coefficient (Wildman–Crippen LogP) is 3.21. The van der Waals surface area contributed by atoms with Crippen molar-refractivity contribution in [2.75, 3.05) is 42.6 Å². The SMILES string of the molecule is O=C(CC[C@H]1CN(c2cc(F)c(N3CCON(C(=O)c4ccccc4)CC3)c(F)c2)C(=O)O1)C(F)F.O=C=O. The van der Waals surface area contributed by atoms with Gasteiger partial charge in [0.05, 0.1) is 25.4 Å². The first-order valence-corrected chi connectivity index (χ1v) is 11.7. The molecule has 2 aliphatic rings. The number of cyclic esters (lactones) is 1. The molecule has 0 spiro atoms. The molecule has 2 aliphatic heterocycles. The predicted molar refractivity (Wildman–Crippen MR) is 125 cm³/mol. The van der Waals surface area contributed by atoms with E-state index in [4.69, 9.17) is 19.2 Å². The maximum absolute atomic E-state index is 15.1. The van der Waals surface area contributed by atoms with Crippen LogP contribution < -0.4 is 9.80 Å². The number of halogens is 4. The third kappa shape index (κ3) is 7.39. The number of hydroxylamine groups is 2. The van der Waals surface area contributed by atoms with Crippen LogP contribution in [0.4, 0.5) is 33.7 Å². The Morgan fingerprint density at radius 3 is 2.28 bits per heavy atom. The first-order chi connectivity index (χ1) is 18.7. The monoisotopic (exact) mass is 553 g/mol. The molecule has 4 rings (SSSR count). The van der Waals surface area contributed by atoms with Crippen molar-refractivity contribution in [2.24, 2.45) is 0 Å². The number of amides is 2. The summed E-state index contributed by atoms with van der Waals surface area (Å²) in [5.74, 6) is -3.50. The van der Waals surface area contributed by atoms with Crippen LogP contribution in [0.3, 0.4) is 0 Å². The molecular weight excluding hydrogens is 530 g/mol. The van der Waals surface area contributed by atoms with Crippen LogP contribution in [-0.4, -0.2) is 74.3 Å². The smallest absolute Gasteiger partial charge is 0.414 e. The number of Topliss-reactive ketones (excluding diaryl/α,β-unsaturated/α-hetero) is 1. The molecule has 208 valence electrons. The van der Waals surface area contributed by atoms with Gasteiger partial charge in [-0.3, -0.25) is 19.3 Å². The van der Waals surface area contributed by atoms with Crippen LogP contribution in [0.1, 0.15) is 23.2 Å². The van der Waals surface area contributed by atoms with Crippen LogP contribution in [0, 0.1) is 11.6 Å². The van der Waals surface area contributed by atoms with Crippen LogP contribution in [0.15, 0.2) is 42.5 Å². The summed E-state index contributed by atoms with van der Waals surface area (Å²) in [5, 5.41) is 1.15. The molecule has 1 atom stereocenters. The summed E-state index contributed by atoms with van der Waals surface area (Å²) in [7, 11) is 0. The minimum atomic E-state index is -3.11. The van der Waals surface area contributed by atoms with Crippen molar-refractivity contribution in [3.63, 3.8) is 0 Å². The van der Waals surface area contributed by atoms with Gasteiger partial charge in [0, 0.05) is 37.2 Å². The second-order valence-corrected chi connectivity index (χ2v) is 8.36. The molecule has 0 radical (unpaired) electrons. The zero-order chi connectivity index (χ0) is 28.5. The highest BCUT2D eigenvalue weighted by Crippen LogP contribution is 2.32. The minimum Gasteiger partial charge on any atom is -0.444 e. The zero-order valence-electron chi connectivity index (χ0n) is 20.4. The van der Waals surface area contributed by atoms with Crippen LogP contribution in [0.5, 0.6) is 0 Å². The van der Waals surface area contributed by atoms with Crippen LogP contribution >= 0.6 is 0 Å². The second kappa shape index (κ2) is 13.5. The van der Waals surface area contributed by atoms with Crippen LogP contribution in [0.25, 0.3) is 0 Å². The highest BCUT2D eigenvalue weighted by Gasteiger charge is 2.34. The lowest BCUT2D eigenvalue weighted by Crippen LogP contribution is -2.35. The number of nitrogens with zero attached hydrogens (tertiary/aromatic N) is 3. The summed E-state index contributed by atoms with van der Waals surface area (Å²) < 4.78 is 59.9. The number of hydrogen-bond donors (Lipinski definition) is 0. The van der Waals surface area contributed by atoms with E-state index in [-0.39, 0.29) is 62.6 Å². The zero-order valence-corrected chi connectivity index (χ0v) is 20.4. The van der Waals surface area contributed by atoms with Crippen molar-refractivity contribution < 1.29 is 51.1 Å². The number of rotatable bonds is 7. The molecule has 39 heavy (non-hydrogen) atoms. The summed E-state index contributed by atoms with van der Waals surface area (Å²) in [6, 6.07) is 10.4. The molecule has 0 aromatic heterocycles. The van der Waals surface area contributed by atoms with Gasteiger partial charge in [-0.15, -0.1) is 0 Å². The summed E-state index contributed by atoms with van der Waals surface area (Å²) >= 11 is 0. The van der Waals surface area contributed by atoms with Gasteiger partial charge in [0.25, 0.3) is 12.3 Å². The number of ether oxygens (including phenoxy) is 1. The summed E-state index contributed by atoms with van der Waals surface area (Å²) in [6.07, 6.45) is -5.22. The lowest BCUT2D eigenvalue weighted by atomic mass is 10.1. The molecule has 0 unspecified atom stereocenters. The molecule has 0 bridgehead atoms. The average molecular weight is 553 g/mol. The van der Waals surface area contributed by atoms with Gasteiger partial charge in [-0.05, 0) is 18.6 Å². The number of benzene rings is 2. The molecule has 10 nitrogen and oxygen atoms in total. The Kier molecular flexibility index (Phi) is 10.1. The van der Waals surface area contributed by atoms with E-state index >= 15 is 8.78 Å². The second-order valence-electron chi connectivity index (χ2n) is 8.36. The number of ketones is 1. The molecule has 2 heterocycles. The molecule has 2 aromatic carbocycles. The highest BCUT2D eigenvalue weighted by molar-refractivity contribution is 5.93. The van der Waals surface area contributed by atoms with Crippen molar-refractivity contribution in [3.05, 3.63) is 59.7 Å². The van der Waals surface area contributed by atoms with Gasteiger partial charge in [-0.25, -0.2) is 27.4 Å². The van der Waals surface area contributed by atoms with E-state index in [1.165, 1.54) is 4.90 Å². The van der Waals surface area contributed by atoms with Crippen molar-refractivity contribution in [3.8, 4) is 0 Å². The van der Waals surface area contributed by atoms with Crippen LogP contribution in [0.2, 0.25) is 0 Å². The lowest BCUT2D eigenvalue weighted by Gasteiger charge is -2.24. The van der Waals surface area contributed by atoms with Gasteiger partial charge in [0.15, 0.2) is 17.4 Å². The van der Waals surface area contributed by atoms with E-state index < -0.39 is 42.5 Å². The van der Waals surface area contributed by atoms with E-state index in [0.717, 1.165) is 22.1 Å². The fourth-order valence-corrected chi connectivity index (χ4v) is 4.06. The minimum absolute atomic E-state index is 0.0106. The fraction of sp³-hybridized carbons (Fsp3) is 0.360. The number of carbonyl (C=O) groups excluding carboxylic acids is 5. The maximum atomic E-state index is 15.1. The van der Waals surface area contributed by atoms with E-state index in [1.807, 2.05) is 0 Å². The fourth-order valence-electron chi connectivity index (χ4n) is 4.06. The topological polar surface area (TPSA) is 114 Å². The van der Waals surface area contributed by atoms with Crippen molar-refractivity contribution in [1.29, 1.82) is 0 Å². The molecule has 2 saturated heterocycles. The Hall–Kier alpha value is -4.29. The number of alkyl halides is 2. The van der Waals surface area contributed by atoms with Crippen molar-refractivity contribution in [1.82, 2.24) is 5.06 Å². The van der Waals surface area contributed by atoms with Crippen LogP contribution in [-0.2, 0) is 24.0 Å². The Morgan fingerprint density at radius 2 is 1.67 bits per heavy atom. The Morgan fingerprint density at radius 1 is 1.03 bits per heavy atom. The Labute approximate surface area is 219 Å². The Balaban J connectivity index is 0.00000134. The third-order valence-corrected chi connectivity index (χ3v) is 5.89. The molecule has 0 N–H and O–H groups in total. The van der Waals surface area contributed by atoms with E-state index in [9.17, 15) is 23.2 Å². The highest BCUT2D eigenvalue weighted by atomic mass is 19.3. The van der Waals surface area contributed by atoms with Gasteiger partial charge >= 0.3 is 12.2 Å². The number of carbonyl (C=O) groups is 3. The average Bonchev–Trinajstić information content (AvgIpc) is 3.12. The maximum Gasteiger partial charge on any atom is 0.414 e. The van der Waals surface area contributed by atoms with E-state index in [0.29, 0.717) is 5.56 Å². The molecule has 2 fully saturated rings. The number of anilines is 2. The molecule has 0 saturated carbocycles. The summed E-state index contributed by atoms with van der Waals surface area (Å²) in [4.78, 5) is 60.1. The standard InChI is InChI=1S/C24H23F4N3O5.CO2/c25-18-12-16(30-14-17(36-24(30)34)6-7-20(32)22(27)28)13-19(26)21(18)29-8-9-31(35-11-10-29)23(33)15-4-2-1-3-5-15;2-1-3/h1-5,12-13,17,22H,6-11,14H2;/t17-;/m0./s1.